The summed E-state index contributed by atoms with van der Waals surface area (Å²) < 4.78 is 16.8. The van der Waals surface area contributed by atoms with Gasteiger partial charge in [-0.15, -0.1) is 10.2 Å². The fourth-order valence-electron chi connectivity index (χ4n) is 4.65. The third kappa shape index (κ3) is 6.93. The molecule has 2 amide bonds. The second-order valence-electron chi connectivity index (χ2n) is 9.72. The lowest BCUT2D eigenvalue weighted by Crippen LogP contribution is -2.46. The molecule has 2 atom stereocenters. The second kappa shape index (κ2) is 13.0. The molecule has 4 aromatic rings. The monoisotopic (exact) mass is 578 g/mol. The Morgan fingerprint density at radius 2 is 1.98 bits per heavy atom. The number of furan rings is 1. The van der Waals surface area contributed by atoms with Crippen LogP contribution in [0.2, 0.25) is 5.02 Å². The zero-order valence-electron chi connectivity index (χ0n) is 22.8. The number of benzene rings is 2. The summed E-state index contributed by atoms with van der Waals surface area (Å²) in [7, 11) is 1.59. The van der Waals surface area contributed by atoms with Crippen LogP contribution in [0, 0.1) is 6.92 Å². The lowest BCUT2D eigenvalue weighted by molar-refractivity contribution is -0.143. The third-order valence-corrected chi connectivity index (χ3v) is 7.18. The molecule has 11 nitrogen and oxygen atoms in total. The summed E-state index contributed by atoms with van der Waals surface area (Å²) in [4.78, 5) is 30.3. The number of rotatable bonds is 11. The smallest absolute Gasteiger partial charge is 0.250 e. The number of nitrogens with zero attached hydrogens (tertiary/aromatic N) is 5. The number of carbonyl (C=O) groups is 2. The highest BCUT2D eigenvalue weighted by atomic mass is 35.5. The number of aryl methyl sites for hydroxylation is 1. The number of halogens is 1. The summed E-state index contributed by atoms with van der Waals surface area (Å²) in [6, 6.07) is 16.8. The van der Waals surface area contributed by atoms with Crippen molar-refractivity contribution >= 4 is 23.4 Å². The van der Waals surface area contributed by atoms with Gasteiger partial charge < -0.3 is 24.1 Å². The SMILES string of the molecule is COc1ccc(-c2nnn(CC(=O)N(Cc3ccccc3Cl)[C@H](C(=O)NC[C@@H]3CCCO3)c3ccc(C)o3)n2)cc1. The van der Waals surface area contributed by atoms with E-state index in [1.54, 1.807) is 62.6 Å². The summed E-state index contributed by atoms with van der Waals surface area (Å²) in [5, 5.41) is 16.0. The number of carbonyl (C=O) groups excluding carboxylic acids is 2. The van der Waals surface area contributed by atoms with Crippen LogP contribution in [0.1, 0.15) is 36.0 Å². The predicted molar refractivity (Wildman–Crippen MR) is 150 cm³/mol. The molecule has 0 radical (unpaired) electrons. The van der Waals surface area contributed by atoms with Gasteiger partial charge in [-0.25, -0.2) is 0 Å². The number of methoxy groups -OCH3 is 1. The third-order valence-electron chi connectivity index (χ3n) is 6.82. The van der Waals surface area contributed by atoms with Gasteiger partial charge in [0, 0.05) is 30.3 Å². The first kappa shape index (κ1) is 28.3. The quantitative estimate of drug-likeness (QED) is 0.283. The maximum absolute atomic E-state index is 13.9. The second-order valence-corrected chi connectivity index (χ2v) is 10.1. The highest BCUT2D eigenvalue weighted by Crippen LogP contribution is 2.28. The zero-order chi connectivity index (χ0) is 28.8. The van der Waals surface area contributed by atoms with Crippen LogP contribution in [0.5, 0.6) is 5.75 Å². The van der Waals surface area contributed by atoms with Crippen molar-refractivity contribution in [2.75, 3.05) is 20.3 Å². The van der Waals surface area contributed by atoms with Crippen molar-refractivity contribution in [2.24, 2.45) is 0 Å². The molecular weight excluding hydrogens is 548 g/mol. The average Bonchev–Trinajstić information content (AvgIpc) is 3.76. The van der Waals surface area contributed by atoms with Gasteiger partial charge in [0.25, 0.3) is 5.91 Å². The Labute approximate surface area is 242 Å². The largest absolute Gasteiger partial charge is 0.497 e. The van der Waals surface area contributed by atoms with E-state index < -0.39 is 11.9 Å². The number of nitrogens with one attached hydrogen (secondary N) is 1. The summed E-state index contributed by atoms with van der Waals surface area (Å²) in [6.07, 6.45) is 1.74. The van der Waals surface area contributed by atoms with Crippen LogP contribution in [0.3, 0.4) is 0 Å². The molecule has 1 fully saturated rings. The summed E-state index contributed by atoms with van der Waals surface area (Å²) in [5.41, 5.74) is 1.39. The highest BCUT2D eigenvalue weighted by molar-refractivity contribution is 6.31. The summed E-state index contributed by atoms with van der Waals surface area (Å²) in [5.74, 6) is 1.19. The molecule has 2 aromatic carbocycles. The van der Waals surface area contributed by atoms with E-state index in [0.29, 0.717) is 46.8 Å². The van der Waals surface area contributed by atoms with E-state index in [4.69, 9.17) is 25.5 Å². The van der Waals surface area contributed by atoms with Gasteiger partial charge in [-0.3, -0.25) is 9.59 Å². The van der Waals surface area contributed by atoms with Crippen molar-refractivity contribution in [1.29, 1.82) is 0 Å². The van der Waals surface area contributed by atoms with Gasteiger partial charge in [0.05, 0.1) is 13.2 Å². The van der Waals surface area contributed by atoms with E-state index in [2.05, 4.69) is 20.7 Å². The Hall–Kier alpha value is -4.22. The fraction of sp³-hybridized carbons (Fsp3) is 0.345. The molecule has 1 aliphatic rings. The van der Waals surface area contributed by atoms with Gasteiger partial charge in [0.15, 0.2) is 6.04 Å². The van der Waals surface area contributed by atoms with Crippen LogP contribution in [-0.4, -0.2) is 63.3 Å². The van der Waals surface area contributed by atoms with Crippen molar-refractivity contribution in [3.05, 3.63) is 82.8 Å². The molecular formula is C29H31ClN6O5. The van der Waals surface area contributed by atoms with Crippen molar-refractivity contribution in [3.8, 4) is 17.1 Å². The van der Waals surface area contributed by atoms with E-state index in [0.717, 1.165) is 18.4 Å². The molecule has 0 unspecified atom stereocenters. The molecule has 12 heteroatoms. The maximum Gasteiger partial charge on any atom is 0.250 e. The number of amides is 2. The van der Waals surface area contributed by atoms with Crippen molar-refractivity contribution in [1.82, 2.24) is 30.4 Å². The first-order chi connectivity index (χ1) is 19.9. The van der Waals surface area contributed by atoms with Crippen LogP contribution < -0.4 is 10.1 Å². The lowest BCUT2D eigenvalue weighted by Gasteiger charge is -2.30. The van der Waals surface area contributed by atoms with E-state index in [1.165, 1.54) is 9.70 Å². The Bertz CT molecular complexity index is 1480. The number of hydrogen-bond acceptors (Lipinski definition) is 8. The number of hydrogen-bond donors (Lipinski definition) is 1. The van der Waals surface area contributed by atoms with Crippen LogP contribution >= 0.6 is 11.6 Å². The van der Waals surface area contributed by atoms with Gasteiger partial charge in [-0.2, -0.15) is 4.80 Å². The fourth-order valence-corrected chi connectivity index (χ4v) is 4.85. The topological polar surface area (TPSA) is 125 Å². The number of ether oxygens (including phenoxy) is 2. The van der Waals surface area contributed by atoms with Gasteiger partial charge in [0.1, 0.15) is 23.8 Å². The Morgan fingerprint density at radius 3 is 2.66 bits per heavy atom. The molecule has 2 aromatic heterocycles. The molecule has 1 aliphatic heterocycles. The molecule has 1 saturated heterocycles. The molecule has 0 bridgehead atoms. The Balaban J connectivity index is 1.43. The molecule has 0 saturated carbocycles. The normalized spacial score (nSPS) is 15.4. The Morgan fingerprint density at radius 1 is 1.17 bits per heavy atom. The molecule has 1 N–H and O–H groups in total. The number of aromatic nitrogens is 4. The van der Waals surface area contributed by atoms with Gasteiger partial charge in [0.2, 0.25) is 11.7 Å². The van der Waals surface area contributed by atoms with Crippen molar-refractivity contribution in [2.45, 2.75) is 45.0 Å². The van der Waals surface area contributed by atoms with Crippen LogP contribution in [0.25, 0.3) is 11.4 Å². The lowest BCUT2D eigenvalue weighted by atomic mass is 10.1. The summed E-state index contributed by atoms with van der Waals surface area (Å²) >= 11 is 6.48. The molecule has 0 aliphatic carbocycles. The minimum atomic E-state index is -1.07. The van der Waals surface area contributed by atoms with Crippen LogP contribution in [0.4, 0.5) is 0 Å². The van der Waals surface area contributed by atoms with Crippen molar-refractivity contribution < 1.29 is 23.5 Å². The zero-order valence-corrected chi connectivity index (χ0v) is 23.6. The van der Waals surface area contributed by atoms with E-state index in [-0.39, 0.29) is 25.1 Å². The van der Waals surface area contributed by atoms with E-state index in [1.807, 2.05) is 12.1 Å². The molecule has 3 heterocycles. The average molecular weight is 579 g/mol. The van der Waals surface area contributed by atoms with E-state index in [9.17, 15) is 9.59 Å². The minimum Gasteiger partial charge on any atom is -0.497 e. The van der Waals surface area contributed by atoms with Crippen LogP contribution in [0.15, 0.2) is 65.1 Å². The first-order valence-electron chi connectivity index (χ1n) is 13.3. The molecule has 0 spiro atoms. The van der Waals surface area contributed by atoms with E-state index >= 15 is 0 Å². The van der Waals surface area contributed by atoms with Gasteiger partial charge >= 0.3 is 0 Å². The standard InChI is InChI=1S/C29H31ClN6O5/c1-19-9-14-25(41-19)27(29(38)31-16-23-7-5-15-40-23)35(17-21-6-3-4-8-24(21)30)26(37)18-36-33-28(32-34-36)20-10-12-22(39-2)13-11-20/h3-4,6,8-14,23,27H,5,7,15-18H2,1-2H3,(H,31,38)/t23-,27-/m0/s1. The van der Waals surface area contributed by atoms with Gasteiger partial charge in [-0.1, -0.05) is 29.8 Å². The maximum atomic E-state index is 13.9. The molecule has 214 valence electrons. The van der Waals surface area contributed by atoms with Crippen LogP contribution in [-0.2, 0) is 27.4 Å². The predicted octanol–water partition coefficient (Wildman–Crippen LogP) is 3.97. The summed E-state index contributed by atoms with van der Waals surface area (Å²) in [6.45, 7) is 2.57. The molecule has 41 heavy (non-hydrogen) atoms. The number of tetrazole rings is 1. The molecule has 5 rings (SSSR count). The highest BCUT2D eigenvalue weighted by Gasteiger charge is 2.35. The van der Waals surface area contributed by atoms with Gasteiger partial charge in [-0.05, 0) is 73.0 Å². The first-order valence-corrected chi connectivity index (χ1v) is 13.7. The minimum absolute atomic E-state index is 0.0519. The van der Waals surface area contributed by atoms with Crippen molar-refractivity contribution in [3.63, 3.8) is 0 Å². The Kier molecular flexibility index (Phi) is 8.95.